The lowest BCUT2D eigenvalue weighted by molar-refractivity contribution is 0.257. The number of hydrogen-bond donors (Lipinski definition) is 1. The van der Waals surface area contributed by atoms with Crippen molar-refractivity contribution in [1.29, 1.82) is 5.26 Å². The van der Waals surface area contributed by atoms with Gasteiger partial charge in [-0.2, -0.15) is 5.26 Å². The Morgan fingerprint density at radius 1 is 1.06 bits per heavy atom. The number of hydrogen-bond acceptors (Lipinski definition) is 2. The Hall–Kier alpha value is -0.550. The van der Waals surface area contributed by atoms with Gasteiger partial charge in [0, 0.05) is 12.1 Å². The predicted molar refractivity (Wildman–Crippen MR) is 65.9 cm³/mol. The van der Waals surface area contributed by atoms with Gasteiger partial charge >= 0.3 is 0 Å². The van der Waals surface area contributed by atoms with E-state index in [2.05, 4.69) is 18.3 Å². The molecular formula is C14H24N2. The van der Waals surface area contributed by atoms with Crippen LogP contribution in [0.2, 0.25) is 0 Å². The van der Waals surface area contributed by atoms with Crippen LogP contribution in [0.5, 0.6) is 0 Å². The van der Waals surface area contributed by atoms with Crippen molar-refractivity contribution in [3.8, 4) is 6.07 Å². The Labute approximate surface area is 99.4 Å². The molecule has 16 heavy (non-hydrogen) atoms. The molecule has 0 aliphatic heterocycles. The third-order valence-electron chi connectivity index (χ3n) is 4.52. The fourth-order valence-corrected chi connectivity index (χ4v) is 3.42. The van der Waals surface area contributed by atoms with Gasteiger partial charge in [0.05, 0.1) is 12.0 Å². The monoisotopic (exact) mass is 220 g/mol. The van der Waals surface area contributed by atoms with E-state index in [4.69, 9.17) is 5.26 Å². The summed E-state index contributed by atoms with van der Waals surface area (Å²) in [5, 5.41) is 12.9. The molecule has 90 valence electrons. The van der Waals surface area contributed by atoms with Crippen molar-refractivity contribution < 1.29 is 0 Å². The molecule has 0 aromatic heterocycles. The number of nitrogens with one attached hydrogen (secondary N) is 1. The summed E-state index contributed by atoms with van der Waals surface area (Å²) >= 11 is 0. The van der Waals surface area contributed by atoms with Gasteiger partial charge in [-0.1, -0.05) is 25.7 Å². The van der Waals surface area contributed by atoms with E-state index in [-0.39, 0.29) is 5.92 Å². The van der Waals surface area contributed by atoms with Crippen molar-refractivity contribution in [3.63, 3.8) is 0 Å². The molecule has 0 aromatic rings. The first-order valence-corrected chi connectivity index (χ1v) is 6.97. The van der Waals surface area contributed by atoms with Crippen LogP contribution in [0.15, 0.2) is 0 Å². The van der Waals surface area contributed by atoms with Gasteiger partial charge in [0.15, 0.2) is 0 Å². The van der Waals surface area contributed by atoms with Gasteiger partial charge in [-0.05, 0) is 38.5 Å². The zero-order valence-corrected chi connectivity index (χ0v) is 10.4. The molecule has 2 unspecified atom stereocenters. The summed E-state index contributed by atoms with van der Waals surface area (Å²) < 4.78 is 0. The van der Waals surface area contributed by atoms with Crippen LogP contribution in [0.4, 0.5) is 0 Å². The summed E-state index contributed by atoms with van der Waals surface area (Å²) in [4.78, 5) is 0. The predicted octanol–water partition coefficient (Wildman–Crippen LogP) is 3.24. The Balaban J connectivity index is 1.84. The van der Waals surface area contributed by atoms with Crippen molar-refractivity contribution in [2.75, 3.05) is 0 Å². The first kappa shape index (κ1) is 11.9. The third-order valence-corrected chi connectivity index (χ3v) is 4.52. The van der Waals surface area contributed by atoms with Gasteiger partial charge in [0.1, 0.15) is 0 Å². The Bertz CT molecular complexity index is 250. The van der Waals surface area contributed by atoms with E-state index in [0.29, 0.717) is 12.1 Å². The van der Waals surface area contributed by atoms with E-state index in [1.807, 2.05) is 0 Å². The molecule has 1 N–H and O–H groups in total. The number of rotatable bonds is 3. The molecule has 2 heteroatoms. The van der Waals surface area contributed by atoms with Crippen LogP contribution in [0.1, 0.15) is 58.3 Å². The molecule has 0 heterocycles. The zero-order valence-electron chi connectivity index (χ0n) is 10.4. The van der Waals surface area contributed by atoms with Crippen LogP contribution in [0.25, 0.3) is 0 Å². The molecule has 0 bridgehead atoms. The van der Waals surface area contributed by atoms with Gasteiger partial charge in [-0.25, -0.2) is 0 Å². The van der Waals surface area contributed by atoms with Crippen LogP contribution in [0.3, 0.4) is 0 Å². The summed E-state index contributed by atoms with van der Waals surface area (Å²) in [5.74, 6) is 1.12. The fourth-order valence-electron chi connectivity index (χ4n) is 3.42. The van der Waals surface area contributed by atoms with E-state index in [1.54, 1.807) is 0 Å². The second-order valence-electron chi connectivity index (χ2n) is 5.63. The number of nitrogens with zero attached hydrogens (tertiary/aromatic N) is 1. The van der Waals surface area contributed by atoms with Crippen molar-refractivity contribution >= 4 is 0 Å². The van der Waals surface area contributed by atoms with Crippen molar-refractivity contribution in [2.45, 2.75) is 70.4 Å². The van der Waals surface area contributed by atoms with Crippen molar-refractivity contribution in [3.05, 3.63) is 0 Å². The van der Waals surface area contributed by atoms with Gasteiger partial charge in [0.25, 0.3) is 0 Å². The first-order chi connectivity index (χ1) is 7.81. The zero-order chi connectivity index (χ0) is 11.4. The molecule has 3 atom stereocenters. The van der Waals surface area contributed by atoms with E-state index in [1.165, 1.54) is 44.9 Å². The summed E-state index contributed by atoms with van der Waals surface area (Å²) in [5.41, 5.74) is 0. The minimum atomic E-state index is 0.262. The highest BCUT2D eigenvalue weighted by Crippen LogP contribution is 2.30. The molecular weight excluding hydrogens is 196 g/mol. The molecule has 2 fully saturated rings. The quantitative estimate of drug-likeness (QED) is 0.792. The summed E-state index contributed by atoms with van der Waals surface area (Å²) in [6.45, 7) is 2.32. The standard InChI is InChI=1S/C14H24N2/c1-11(12-6-2-3-7-12)16-14-9-5-4-8-13(14)10-15/h11-14,16H,2-9H2,1H3/t11-,13?,14?/m0/s1. The molecule has 0 aromatic carbocycles. The van der Waals surface area contributed by atoms with Crippen LogP contribution in [0, 0.1) is 23.2 Å². The summed E-state index contributed by atoms with van der Waals surface area (Å²) in [6, 6.07) is 3.57. The average Bonchev–Trinajstić information content (AvgIpc) is 2.83. The third kappa shape index (κ3) is 2.77. The van der Waals surface area contributed by atoms with Gasteiger partial charge < -0.3 is 5.32 Å². The van der Waals surface area contributed by atoms with Crippen molar-refractivity contribution in [2.24, 2.45) is 11.8 Å². The van der Waals surface area contributed by atoms with E-state index in [0.717, 1.165) is 12.3 Å². The second kappa shape index (κ2) is 5.68. The van der Waals surface area contributed by atoms with Crippen LogP contribution < -0.4 is 5.32 Å². The van der Waals surface area contributed by atoms with Crippen LogP contribution in [-0.4, -0.2) is 12.1 Å². The lowest BCUT2D eigenvalue weighted by atomic mass is 9.84. The lowest BCUT2D eigenvalue weighted by Crippen LogP contribution is -2.45. The Kier molecular flexibility index (Phi) is 4.23. The van der Waals surface area contributed by atoms with E-state index < -0.39 is 0 Å². The smallest absolute Gasteiger partial charge is 0.0672 e. The summed E-state index contributed by atoms with van der Waals surface area (Å²) in [6.07, 6.45) is 10.4. The summed E-state index contributed by atoms with van der Waals surface area (Å²) in [7, 11) is 0. The maximum absolute atomic E-state index is 9.15. The van der Waals surface area contributed by atoms with Gasteiger partial charge in [0.2, 0.25) is 0 Å². The highest BCUT2D eigenvalue weighted by atomic mass is 15.0. The topological polar surface area (TPSA) is 35.8 Å². The van der Waals surface area contributed by atoms with Crippen LogP contribution >= 0.6 is 0 Å². The molecule has 2 aliphatic rings. The molecule has 2 aliphatic carbocycles. The van der Waals surface area contributed by atoms with Crippen LogP contribution in [-0.2, 0) is 0 Å². The molecule has 0 amide bonds. The Morgan fingerprint density at radius 3 is 2.38 bits per heavy atom. The second-order valence-corrected chi connectivity index (χ2v) is 5.63. The molecule has 2 saturated carbocycles. The molecule has 0 radical (unpaired) electrons. The maximum Gasteiger partial charge on any atom is 0.0672 e. The van der Waals surface area contributed by atoms with Crippen molar-refractivity contribution in [1.82, 2.24) is 5.32 Å². The maximum atomic E-state index is 9.15. The minimum Gasteiger partial charge on any atom is -0.310 e. The first-order valence-electron chi connectivity index (χ1n) is 6.97. The van der Waals surface area contributed by atoms with E-state index in [9.17, 15) is 0 Å². The molecule has 2 nitrogen and oxygen atoms in total. The minimum absolute atomic E-state index is 0.262. The molecule has 0 spiro atoms. The fraction of sp³-hybridized carbons (Fsp3) is 0.929. The Morgan fingerprint density at radius 2 is 1.69 bits per heavy atom. The molecule has 2 rings (SSSR count). The van der Waals surface area contributed by atoms with Gasteiger partial charge in [-0.3, -0.25) is 0 Å². The number of nitriles is 1. The highest BCUT2D eigenvalue weighted by molar-refractivity contribution is 4.96. The molecule has 0 saturated heterocycles. The lowest BCUT2D eigenvalue weighted by Gasteiger charge is -2.32. The largest absolute Gasteiger partial charge is 0.310 e. The highest BCUT2D eigenvalue weighted by Gasteiger charge is 2.29. The SMILES string of the molecule is C[C@H](NC1CCCCC1C#N)C1CCCC1. The average molecular weight is 220 g/mol. The van der Waals surface area contributed by atoms with E-state index >= 15 is 0 Å². The normalized spacial score (nSPS) is 33.5. The van der Waals surface area contributed by atoms with Gasteiger partial charge in [-0.15, -0.1) is 0 Å².